The third kappa shape index (κ3) is 6.44. The van der Waals surface area contributed by atoms with Gasteiger partial charge in [-0.3, -0.25) is 4.79 Å². The molecule has 0 spiro atoms. The molecule has 7 heteroatoms. The molecule has 1 amide bonds. The summed E-state index contributed by atoms with van der Waals surface area (Å²) in [6.45, 7) is 2.81. The van der Waals surface area contributed by atoms with Gasteiger partial charge in [-0.2, -0.15) is 0 Å². The highest BCUT2D eigenvalue weighted by molar-refractivity contribution is 5.91. The van der Waals surface area contributed by atoms with E-state index in [1.165, 1.54) is 36.4 Å². The van der Waals surface area contributed by atoms with E-state index in [-0.39, 0.29) is 17.9 Å². The van der Waals surface area contributed by atoms with Crippen molar-refractivity contribution in [3.05, 3.63) is 76.9 Å². The SMILES string of the molecule is O=C(/C=C/c1cc(F)cc(F)c1)N[C@@H]1CC[C@H](CN2CCC(c3ccc(F)c(F)c3)CC2)C1. The van der Waals surface area contributed by atoms with Crippen LogP contribution in [0, 0.1) is 29.2 Å². The van der Waals surface area contributed by atoms with Crippen LogP contribution in [0.2, 0.25) is 0 Å². The maximum absolute atomic E-state index is 13.5. The molecule has 4 rings (SSSR count). The Bertz CT molecular complexity index is 997. The van der Waals surface area contributed by atoms with Crippen molar-refractivity contribution in [2.45, 2.75) is 44.1 Å². The van der Waals surface area contributed by atoms with E-state index >= 15 is 0 Å². The lowest BCUT2D eigenvalue weighted by atomic mass is 9.89. The molecular weight excluding hydrogens is 432 g/mol. The van der Waals surface area contributed by atoms with Gasteiger partial charge in [0.25, 0.3) is 0 Å². The standard InChI is InChI=1S/C26H28F4N2O/c27-21-11-17(12-22(28)15-21)2-6-26(33)31-23-4-1-18(13-23)16-32-9-7-19(8-10-32)20-3-5-24(29)25(30)14-20/h2-3,5-6,11-12,14-15,18-19,23H,1,4,7-10,13,16H2,(H,31,33)/b6-2+/t18-,23+/m0/s1. The van der Waals surface area contributed by atoms with Crippen LogP contribution < -0.4 is 5.32 Å². The van der Waals surface area contributed by atoms with Gasteiger partial charge in [0.15, 0.2) is 11.6 Å². The first-order valence-corrected chi connectivity index (χ1v) is 11.5. The van der Waals surface area contributed by atoms with E-state index in [2.05, 4.69) is 10.2 Å². The van der Waals surface area contributed by atoms with Crippen molar-refractivity contribution in [2.75, 3.05) is 19.6 Å². The molecule has 0 bridgehead atoms. The summed E-state index contributed by atoms with van der Waals surface area (Å²) in [4.78, 5) is 14.6. The van der Waals surface area contributed by atoms with Crippen molar-refractivity contribution in [2.24, 2.45) is 5.92 Å². The molecule has 2 aliphatic rings. The van der Waals surface area contributed by atoms with Crippen LogP contribution in [0.15, 0.2) is 42.5 Å². The average molecular weight is 461 g/mol. The van der Waals surface area contributed by atoms with Crippen LogP contribution in [-0.4, -0.2) is 36.5 Å². The molecule has 0 aromatic heterocycles. The summed E-state index contributed by atoms with van der Waals surface area (Å²) in [5.41, 5.74) is 1.17. The number of nitrogens with zero attached hydrogens (tertiary/aromatic N) is 1. The number of carbonyl (C=O) groups excluding carboxylic acids is 1. The number of piperidine rings is 1. The maximum atomic E-state index is 13.5. The zero-order valence-corrected chi connectivity index (χ0v) is 18.4. The predicted molar refractivity (Wildman–Crippen MR) is 119 cm³/mol. The Morgan fingerprint density at radius 1 is 0.939 bits per heavy atom. The number of likely N-dealkylation sites (tertiary alicyclic amines) is 1. The highest BCUT2D eigenvalue weighted by Gasteiger charge is 2.29. The number of halogens is 4. The molecule has 1 heterocycles. The Balaban J connectivity index is 1.20. The Labute approximate surface area is 191 Å². The highest BCUT2D eigenvalue weighted by Crippen LogP contribution is 2.32. The monoisotopic (exact) mass is 460 g/mol. The van der Waals surface area contributed by atoms with Crippen LogP contribution in [0.4, 0.5) is 17.6 Å². The first kappa shape index (κ1) is 23.5. The molecule has 2 aromatic rings. The molecule has 2 aromatic carbocycles. The lowest BCUT2D eigenvalue weighted by Gasteiger charge is -2.33. The van der Waals surface area contributed by atoms with Crippen molar-refractivity contribution >= 4 is 12.0 Å². The van der Waals surface area contributed by atoms with E-state index in [9.17, 15) is 22.4 Å². The van der Waals surface area contributed by atoms with Crippen LogP contribution >= 0.6 is 0 Å². The minimum Gasteiger partial charge on any atom is -0.350 e. The minimum atomic E-state index is -0.808. The van der Waals surface area contributed by atoms with Gasteiger partial charge in [-0.25, -0.2) is 17.6 Å². The maximum Gasteiger partial charge on any atom is 0.244 e. The van der Waals surface area contributed by atoms with Gasteiger partial charge in [0.1, 0.15) is 11.6 Å². The topological polar surface area (TPSA) is 32.3 Å². The molecule has 1 saturated heterocycles. The van der Waals surface area contributed by atoms with Gasteiger partial charge < -0.3 is 10.2 Å². The van der Waals surface area contributed by atoms with E-state index < -0.39 is 23.3 Å². The van der Waals surface area contributed by atoms with Gasteiger partial charge in [0.2, 0.25) is 5.91 Å². The summed E-state index contributed by atoms with van der Waals surface area (Å²) >= 11 is 0. The molecule has 1 aliphatic heterocycles. The van der Waals surface area contributed by atoms with Gasteiger partial charge in [-0.15, -0.1) is 0 Å². The fourth-order valence-corrected chi connectivity index (χ4v) is 5.04. The van der Waals surface area contributed by atoms with Gasteiger partial charge >= 0.3 is 0 Å². The third-order valence-corrected chi connectivity index (χ3v) is 6.72. The molecule has 3 nitrogen and oxygen atoms in total. The summed E-state index contributed by atoms with van der Waals surface area (Å²) in [5, 5.41) is 2.99. The summed E-state index contributed by atoms with van der Waals surface area (Å²) < 4.78 is 53.2. The van der Waals surface area contributed by atoms with Crippen molar-refractivity contribution in [3.63, 3.8) is 0 Å². The smallest absolute Gasteiger partial charge is 0.244 e. The van der Waals surface area contributed by atoms with Crippen LogP contribution in [0.25, 0.3) is 6.08 Å². The summed E-state index contributed by atoms with van der Waals surface area (Å²) in [6.07, 6.45) is 7.40. The lowest BCUT2D eigenvalue weighted by Crippen LogP contribution is -2.37. The Morgan fingerprint density at radius 2 is 1.67 bits per heavy atom. The first-order valence-electron chi connectivity index (χ1n) is 11.5. The number of amides is 1. The number of rotatable bonds is 6. The number of hydrogen-bond acceptors (Lipinski definition) is 2. The fraction of sp³-hybridized carbons (Fsp3) is 0.423. The van der Waals surface area contributed by atoms with Gasteiger partial charge in [-0.1, -0.05) is 6.07 Å². The van der Waals surface area contributed by atoms with Crippen LogP contribution in [0.5, 0.6) is 0 Å². The highest BCUT2D eigenvalue weighted by atomic mass is 19.2. The molecule has 1 saturated carbocycles. The van der Waals surface area contributed by atoms with Crippen molar-refractivity contribution in [3.8, 4) is 0 Å². The quantitative estimate of drug-likeness (QED) is 0.461. The third-order valence-electron chi connectivity index (χ3n) is 6.72. The van der Waals surface area contributed by atoms with Crippen molar-refractivity contribution in [1.29, 1.82) is 0 Å². The molecule has 2 atom stereocenters. The molecular formula is C26H28F4N2O. The summed E-state index contributed by atoms with van der Waals surface area (Å²) in [5.74, 6) is -2.46. The van der Waals surface area contributed by atoms with Crippen molar-refractivity contribution < 1.29 is 22.4 Å². The zero-order chi connectivity index (χ0) is 23.4. The van der Waals surface area contributed by atoms with E-state index in [0.717, 1.165) is 63.4 Å². The first-order chi connectivity index (χ1) is 15.9. The largest absolute Gasteiger partial charge is 0.350 e. The van der Waals surface area contributed by atoms with Crippen LogP contribution in [-0.2, 0) is 4.79 Å². The van der Waals surface area contributed by atoms with E-state index in [1.807, 2.05) is 0 Å². The van der Waals surface area contributed by atoms with Crippen molar-refractivity contribution in [1.82, 2.24) is 10.2 Å². The zero-order valence-electron chi connectivity index (χ0n) is 18.4. The van der Waals surface area contributed by atoms with Crippen LogP contribution in [0.1, 0.15) is 49.1 Å². The van der Waals surface area contributed by atoms with Gasteiger partial charge in [0, 0.05) is 24.7 Å². The number of carbonyl (C=O) groups is 1. The second kappa shape index (κ2) is 10.5. The Kier molecular flexibility index (Phi) is 7.48. The van der Waals surface area contributed by atoms with E-state index in [4.69, 9.17) is 0 Å². The molecule has 1 N–H and O–H groups in total. The number of nitrogens with one attached hydrogen (secondary N) is 1. The molecule has 1 aliphatic carbocycles. The second-order valence-electron chi connectivity index (χ2n) is 9.17. The fourth-order valence-electron chi connectivity index (χ4n) is 5.04. The molecule has 33 heavy (non-hydrogen) atoms. The molecule has 0 radical (unpaired) electrons. The summed E-state index contributed by atoms with van der Waals surface area (Å²) in [6, 6.07) is 7.44. The molecule has 0 unspecified atom stereocenters. The molecule has 176 valence electrons. The Morgan fingerprint density at radius 3 is 2.36 bits per heavy atom. The second-order valence-corrected chi connectivity index (χ2v) is 9.17. The Hall–Kier alpha value is -2.67. The summed E-state index contributed by atoms with van der Waals surface area (Å²) in [7, 11) is 0. The number of benzene rings is 2. The number of hydrogen-bond donors (Lipinski definition) is 1. The van der Waals surface area contributed by atoms with E-state index in [0.29, 0.717) is 11.5 Å². The predicted octanol–water partition coefficient (Wildman–Crippen LogP) is 5.42. The van der Waals surface area contributed by atoms with E-state index in [1.54, 1.807) is 6.07 Å². The average Bonchev–Trinajstić information content (AvgIpc) is 3.21. The van der Waals surface area contributed by atoms with Gasteiger partial charge in [0.05, 0.1) is 0 Å². The molecule has 2 fully saturated rings. The normalized spacial score (nSPS) is 22.2. The lowest BCUT2D eigenvalue weighted by molar-refractivity contribution is -0.117. The van der Waals surface area contributed by atoms with Gasteiger partial charge in [-0.05, 0) is 98.5 Å². The van der Waals surface area contributed by atoms with Crippen LogP contribution in [0.3, 0.4) is 0 Å². The minimum absolute atomic E-state index is 0.0936.